The molecular weight excluding hydrogens is 602 g/mol. The highest BCUT2D eigenvalue weighted by molar-refractivity contribution is 5.89. The van der Waals surface area contributed by atoms with Crippen molar-refractivity contribution in [2.75, 3.05) is 0 Å². The topological polar surface area (TPSA) is 77.2 Å². The maximum absolute atomic E-state index is 15.3. The van der Waals surface area contributed by atoms with Crippen molar-refractivity contribution in [3.05, 3.63) is 95.3 Å². The van der Waals surface area contributed by atoms with Crippen LogP contribution in [0.1, 0.15) is 58.8 Å². The second-order valence-electron chi connectivity index (χ2n) is 10.3. The number of aromatic carboxylic acids is 1. The predicted molar refractivity (Wildman–Crippen MR) is 140 cm³/mol. The Labute approximate surface area is 244 Å². The summed E-state index contributed by atoms with van der Waals surface area (Å²) in [7, 11) is 0. The molecule has 2 heterocycles. The summed E-state index contributed by atoms with van der Waals surface area (Å²) in [5.41, 5.74) is -2.58. The third-order valence-electron chi connectivity index (χ3n) is 7.53. The van der Waals surface area contributed by atoms with E-state index in [-0.39, 0.29) is 48.6 Å². The predicted octanol–water partition coefficient (Wildman–Crippen LogP) is 8.62. The molecule has 1 N–H and O–H groups in total. The summed E-state index contributed by atoms with van der Waals surface area (Å²) in [5.74, 6) is -4.15. The lowest BCUT2D eigenvalue weighted by Crippen LogP contribution is -2.27. The van der Waals surface area contributed by atoms with E-state index >= 15 is 8.78 Å². The molecule has 0 amide bonds. The van der Waals surface area contributed by atoms with Gasteiger partial charge in [0, 0.05) is 5.56 Å². The molecule has 5 rings (SSSR count). The van der Waals surface area contributed by atoms with E-state index in [1.807, 2.05) is 0 Å². The minimum atomic E-state index is -5.09. The molecule has 0 aliphatic heterocycles. The van der Waals surface area contributed by atoms with Crippen LogP contribution in [0.25, 0.3) is 17.1 Å². The van der Waals surface area contributed by atoms with Crippen molar-refractivity contribution in [2.24, 2.45) is 5.92 Å². The van der Waals surface area contributed by atoms with Crippen LogP contribution in [-0.4, -0.2) is 32.0 Å². The highest BCUT2D eigenvalue weighted by Gasteiger charge is 2.43. The van der Waals surface area contributed by atoms with Gasteiger partial charge in [-0.05, 0) is 73.6 Å². The lowest BCUT2D eigenvalue weighted by Gasteiger charge is -2.30. The number of rotatable bonds is 7. The summed E-state index contributed by atoms with van der Waals surface area (Å²) in [6, 6.07) is 14.4. The van der Waals surface area contributed by atoms with E-state index in [2.05, 4.69) is 10.1 Å². The third kappa shape index (κ3) is 6.38. The van der Waals surface area contributed by atoms with Gasteiger partial charge < -0.3 is 9.84 Å². The van der Waals surface area contributed by atoms with Gasteiger partial charge >= 0.3 is 24.4 Å². The molecule has 1 saturated carbocycles. The quantitative estimate of drug-likeness (QED) is 0.208. The number of nitrogens with zero attached hydrogens (tertiary/aromatic N) is 3. The summed E-state index contributed by atoms with van der Waals surface area (Å²) in [5, 5.41) is 12.7. The van der Waals surface area contributed by atoms with Gasteiger partial charge in [-0.25, -0.2) is 14.5 Å². The SMILES string of the molecule is O=C(O)c1cnn(-c2cccc(-c3ccccc3OC(F)(F)c3ccc([C@H]4CC[C@@H](C(F)(F)F)CC4)cc3)n2)c1C(F)(F)F. The van der Waals surface area contributed by atoms with E-state index in [0.717, 1.165) is 18.2 Å². The van der Waals surface area contributed by atoms with Crippen LogP contribution < -0.4 is 4.74 Å². The molecule has 14 heteroatoms. The fraction of sp³-hybridized carbons (Fsp3) is 0.300. The molecule has 0 atom stereocenters. The van der Waals surface area contributed by atoms with Crippen LogP contribution in [0.15, 0.2) is 72.9 Å². The number of para-hydroxylation sites is 1. The van der Waals surface area contributed by atoms with Crippen molar-refractivity contribution >= 4 is 5.97 Å². The molecule has 4 aromatic rings. The molecular formula is C30H23F8N3O3. The summed E-state index contributed by atoms with van der Waals surface area (Å²) in [6.07, 6.45) is -12.2. The Bertz CT molecular complexity index is 1640. The second-order valence-corrected chi connectivity index (χ2v) is 10.3. The van der Waals surface area contributed by atoms with Crippen LogP contribution in [-0.2, 0) is 12.3 Å². The van der Waals surface area contributed by atoms with Crippen molar-refractivity contribution in [3.63, 3.8) is 0 Å². The summed E-state index contributed by atoms with van der Waals surface area (Å²) >= 11 is 0. The first-order valence-corrected chi connectivity index (χ1v) is 13.3. The van der Waals surface area contributed by atoms with E-state index in [9.17, 15) is 36.2 Å². The molecule has 44 heavy (non-hydrogen) atoms. The zero-order valence-electron chi connectivity index (χ0n) is 22.5. The first-order chi connectivity index (χ1) is 20.6. The standard InChI is InChI=1S/C30H23F8N3O3/c31-28(32,33)19-12-8-17(9-13-19)18-10-14-20(15-11-18)30(37,38)44-24-6-2-1-4-21(24)23-5-3-7-25(40-23)41-26(29(34,35)36)22(16-39-41)27(42)43/h1-7,10-11,14-17,19H,8-9,12-13H2,(H,42,43)/t17-,19+. The first-order valence-electron chi connectivity index (χ1n) is 13.3. The van der Waals surface area contributed by atoms with Gasteiger partial charge in [-0.3, -0.25) is 0 Å². The average Bonchev–Trinajstić information content (AvgIpc) is 3.44. The van der Waals surface area contributed by atoms with Gasteiger partial charge in [-0.2, -0.15) is 40.2 Å². The molecule has 6 nitrogen and oxygen atoms in total. The third-order valence-corrected chi connectivity index (χ3v) is 7.53. The van der Waals surface area contributed by atoms with E-state index in [1.54, 1.807) is 0 Å². The molecule has 2 aromatic heterocycles. The zero-order valence-corrected chi connectivity index (χ0v) is 22.5. The Morgan fingerprint density at radius 1 is 0.841 bits per heavy atom. The van der Waals surface area contributed by atoms with E-state index < -0.39 is 53.0 Å². The van der Waals surface area contributed by atoms with Crippen LogP contribution in [0.5, 0.6) is 5.75 Å². The van der Waals surface area contributed by atoms with Gasteiger partial charge in [0.15, 0.2) is 11.5 Å². The molecule has 0 radical (unpaired) electrons. The van der Waals surface area contributed by atoms with Gasteiger partial charge in [0.05, 0.1) is 23.4 Å². The number of hydrogen-bond donors (Lipinski definition) is 1. The number of carbonyl (C=O) groups is 1. The number of benzene rings is 2. The van der Waals surface area contributed by atoms with Gasteiger partial charge in [0.1, 0.15) is 11.3 Å². The Balaban J connectivity index is 1.39. The second kappa shape index (κ2) is 11.5. The molecule has 2 aromatic carbocycles. The fourth-order valence-corrected chi connectivity index (χ4v) is 5.31. The fourth-order valence-electron chi connectivity index (χ4n) is 5.31. The van der Waals surface area contributed by atoms with Gasteiger partial charge in [-0.15, -0.1) is 0 Å². The zero-order chi connectivity index (χ0) is 31.9. The van der Waals surface area contributed by atoms with Crippen molar-refractivity contribution in [1.29, 1.82) is 0 Å². The van der Waals surface area contributed by atoms with Crippen molar-refractivity contribution < 1.29 is 49.8 Å². The maximum atomic E-state index is 15.3. The molecule has 1 fully saturated rings. The lowest BCUT2D eigenvalue weighted by atomic mass is 9.78. The van der Waals surface area contributed by atoms with Crippen LogP contribution in [0.2, 0.25) is 0 Å². The Hall–Kier alpha value is -4.49. The Morgan fingerprint density at radius 3 is 2.11 bits per heavy atom. The smallest absolute Gasteiger partial charge is 0.434 e. The number of carboxylic acid groups (broad SMARTS) is 1. The number of pyridine rings is 1. The lowest BCUT2D eigenvalue weighted by molar-refractivity contribution is -0.185. The van der Waals surface area contributed by atoms with Crippen molar-refractivity contribution in [3.8, 4) is 22.8 Å². The van der Waals surface area contributed by atoms with Crippen LogP contribution in [0.4, 0.5) is 35.1 Å². The van der Waals surface area contributed by atoms with E-state index in [1.165, 1.54) is 48.5 Å². The van der Waals surface area contributed by atoms with Crippen LogP contribution in [0.3, 0.4) is 0 Å². The molecule has 0 spiro atoms. The minimum Gasteiger partial charge on any atom is -0.478 e. The van der Waals surface area contributed by atoms with Gasteiger partial charge in [0.25, 0.3) is 0 Å². The number of ether oxygens (including phenoxy) is 1. The normalized spacial score (nSPS) is 17.8. The van der Waals surface area contributed by atoms with Crippen LogP contribution in [0, 0.1) is 5.92 Å². The summed E-state index contributed by atoms with van der Waals surface area (Å²) < 4.78 is 116. The van der Waals surface area contributed by atoms with Gasteiger partial charge in [0.2, 0.25) is 0 Å². The number of halogens is 8. The van der Waals surface area contributed by atoms with Crippen LogP contribution >= 0.6 is 0 Å². The molecule has 0 saturated heterocycles. The molecule has 0 bridgehead atoms. The average molecular weight is 626 g/mol. The van der Waals surface area contributed by atoms with E-state index in [0.29, 0.717) is 16.4 Å². The van der Waals surface area contributed by atoms with Crippen molar-refractivity contribution in [2.45, 2.75) is 50.1 Å². The maximum Gasteiger partial charge on any atom is 0.434 e. The number of alkyl halides is 8. The molecule has 0 unspecified atom stereocenters. The number of aromatic nitrogens is 3. The first kappa shape index (κ1) is 31.0. The molecule has 1 aliphatic rings. The molecule has 232 valence electrons. The Morgan fingerprint density at radius 2 is 1.50 bits per heavy atom. The van der Waals surface area contributed by atoms with Gasteiger partial charge in [-0.1, -0.05) is 30.3 Å². The van der Waals surface area contributed by atoms with E-state index in [4.69, 9.17) is 4.74 Å². The highest BCUT2D eigenvalue weighted by atomic mass is 19.4. The van der Waals surface area contributed by atoms with Crippen molar-refractivity contribution in [1.82, 2.24) is 14.8 Å². The monoisotopic (exact) mass is 625 g/mol. The minimum absolute atomic E-state index is 0.00578. The number of carboxylic acids is 1. The summed E-state index contributed by atoms with van der Waals surface area (Å²) in [4.78, 5) is 15.5. The highest BCUT2D eigenvalue weighted by Crippen LogP contribution is 2.44. The Kier molecular flexibility index (Phi) is 8.12. The molecule has 1 aliphatic carbocycles. The number of hydrogen-bond acceptors (Lipinski definition) is 4. The largest absolute Gasteiger partial charge is 0.478 e. The summed E-state index contributed by atoms with van der Waals surface area (Å²) in [6.45, 7) is 0.